The summed E-state index contributed by atoms with van der Waals surface area (Å²) in [5.74, 6) is -1.66. The molecular formula is C28H25ClFN3O7. The van der Waals surface area contributed by atoms with Gasteiger partial charge in [0.2, 0.25) is 5.91 Å². The summed E-state index contributed by atoms with van der Waals surface area (Å²) >= 11 is 6.18. The predicted molar refractivity (Wildman–Crippen MR) is 147 cm³/mol. The molecule has 0 bridgehead atoms. The van der Waals surface area contributed by atoms with Crippen molar-refractivity contribution in [2.24, 2.45) is 0 Å². The van der Waals surface area contributed by atoms with Gasteiger partial charge >= 0.3 is 5.97 Å². The van der Waals surface area contributed by atoms with Crippen LogP contribution in [0.2, 0.25) is 5.02 Å². The number of pyridine rings is 1. The lowest BCUT2D eigenvalue weighted by atomic mass is 9.97. The number of amides is 1. The number of aromatic amines is 1. The Hall–Kier alpha value is -4.48. The normalized spacial score (nSPS) is 11.7. The SMILES string of the molecule is COCCC(C(=O)Nc1ccc2[nH]c(C(=O)OF)cc2c1)n1cc(OC)c(-c2cc(Cl)ccc2C(C)=O)cc1=O. The van der Waals surface area contributed by atoms with Gasteiger partial charge in [0.25, 0.3) is 5.56 Å². The molecule has 40 heavy (non-hydrogen) atoms. The van der Waals surface area contributed by atoms with Crippen LogP contribution in [0.3, 0.4) is 0 Å². The molecule has 1 atom stereocenters. The summed E-state index contributed by atoms with van der Waals surface area (Å²) in [7, 11) is 2.89. The molecule has 4 aromatic rings. The van der Waals surface area contributed by atoms with Crippen LogP contribution in [-0.2, 0) is 14.5 Å². The summed E-state index contributed by atoms with van der Waals surface area (Å²) in [4.78, 5) is 56.5. The van der Waals surface area contributed by atoms with Gasteiger partial charge < -0.3 is 19.8 Å². The maximum atomic E-state index is 13.4. The van der Waals surface area contributed by atoms with Gasteiger partial charge in [-0.1, -0.05) is 11.6 Å². The molecule has 0 aliphatic carbocycles. The molecule has 0 saturated heterocycles. The third-order valence-corrected chi connectivity index (χ3v) is 6.56. The molecule has 1 amide bonds. The lowest BCUT2D eigenvalue weighted by molar-refractivity contribution is -0.119. The molecule has 0 aliphatic heterocycles. The van der Waals surface area contributed by atoms with Crippen LogP contribution in [-0.4, -0.2) is 48.0 Å². The fourth-order valence-corrected chi connectivity index (χ4v) is 4.58. The number of methoxy groups -OCH3 is 2. The van der Waals surface area contributed by atoms with Gasteiger partial charge in [0.15, 0.2) is 5.78 Å². The summed E-state index contributed by atoms with van der Waals surface area (Å²) in [6, 6.07) is 11.2. The first-order chi connectivity index (χ1) is 19.2. The number of halogens is 2. The minimum absolute atomic E-state index is 0.0923. The molecule has 0 saturated carbocycles. The third-order valence-electron chi connectivity index (χ3n) is 6.33. The van der Waals surface area contributed by atoms with E-state index in [1.807, 2.05) is 0 Å². The van der Waals surface area contributed by atoms with Gasteiger partial charge in [0.05, 0.1) is 13.3 Å². The Kier molecular flexibility index (Phi) is 8.66. The monoisotopic (exact) mass is 569 g/mol. The van der Waals surface area contributed by atoms with Crippen molar-refractivity contribution >= 4 is 45.9 Å². The van der Waals surface area contributed by atoms with Gasteiger partial charge in [-0.05, 0) is 55.0 Å². The minimum Gasteiger partial charge on any atom is -0.495 e. The van der Waals surface area contributed by atoms with E-state index in [9.17, 15) is 23.7 Å². The van der Waals surface area contributed by atoms with Crippen LogP contribution >= 0.6 is 11.6 Å². The summed E-state index contributed by atoms with van der Waals surface area (Å²) < 4.78 is 24.3. The number of ketones is 1. The number of Topliss-reactive ketones (excluding diaryl/α,β-unsaturated/α-hetero) is 1. The van der Waals surface area contributed by atoms with Gasteiger partial charge in [-0.25, -0.2) is 9.74 Å². The fourth-order valence-electron chi connectivity index (χ4n) is 4.41. The lowest BCUT2D eigenvalue weighted by Crippen LogP contribution is -2.34. The molecule has 0 radical (unpaired) electrons. The lowest BCUT2D eigenvalue weighted by Gasteiger charge is -2.21. The van der Waals surface area contributed by atoms with Crippen LogP contribution < -0.4 is 15.6 Å². The Morgan fingerprint density at radius 3 is 2.52 bits per heavy atom. The summed E-state index contributed by atoms with van der Waals surface area (Å²) in [5, 5.41) is 3.67. The maximum absolute atomic E-state index is 13.4. The molecule has 208 valence electrons. The summed E-state index contributed by atoms with van der Waals surface area (Å²) in [6.07, 6.45) is 1.56. The van der Waals surface area contributed by atoms with Crippen LogP contribution in [0.4, 0.5) is 10.2 Å². The highest BCUT2D eigenvalue weighted by Crippen LogP contribution is 2.34. The van der Waals surface area contributed by atoms with E-state index in [-0.39, 0.29) is 30.3 Å². The van der Waals surface area contributed by atoms with Gasteiger partial charge in [0, 0.05) is 63.5 Å². The Labute approximate surface area is 232 Å². The van der Waals surface area contributed by atoms with E-state index in [0.29, 0.717) is 38.3 Å². The number of aromatic nitrogens is 2. The Morgan fingerprint density at radius 1 is 1.07 bits per heavy atom. The smallest absolute Gasteiger partial charge is 0.395 e. The average Bonchev–Trinajstić information content (AvgIpc) is 3.36. The second kappa shape index (κ2) is 12.1. The maximum Gasteiger partial charge on any atom is 0.395 e. The number of fused-ring (bicyclic) bond motifs is 1. The number of benzene rings is 2. The molecule has 2 aromatic carbocycles. The number of rotatable bonds is 10. The first-order valence-corrected chi connectivity index (χ1v) is 12.4. The van der Waals surface area contributed by atoms with E-state index in [4.69, 9.17) is 21.1 Å². The zero-order valence-corrected chi connectivity index (χ0v) is 22.5. The van der Waals surface area contributed by atoms with Crippen LogP contribution in [0.15, 0.2) is 59.5 Å². The number of carbonyl (C=O) groups is 3. The number of carbonyl (C=O) groups excluding carboxylic acids is 3. The highest BCUT2D eigenvalue weighted by Gasteiger charge is 2.25. The quantitative estimate of drug-likeness (QED) is 0.254. The number of ether oxygens (including phenoxy) is 2. The van der Waals surface area contributed by atoms with Crippen molar-refractivity contribution in [3.63, 3.8) is 0 Å². The first-order valence-electron chi connectivity index (χ1n) is 12.0. The molecule has 1 unspecified atom stereocenters. The molecule has 10 nitrogen and oxygen atoms in total. The van der Waals surface area contributed by atoms with Crippen LogP contribution in [0, 0.1) is 0 Å². The summed E-state index contributed by atoms with van der Waals surface area (Å²) in [6.45, 7) is 1.58. The molecule has 0 spiro atoms. The first kappa shape index (κ1) is 28.5. The van der Waals surface area contributed by atoms with E-state index >= 15 is 0 Å². The van der Waals surface area contributed by atoms with Crippen molar-refractivity contribution in [2.45, 2.75) is 19.4 Å². The number of nitrogens with zero attached hydrogens (tertiary/aromatic N) is 1. The van der Waals surface area contributed by atoms with Crippen molar-refractivity contribution in [1.82, 2.24) is 9.55 Å². The van der Waals surface area contributed by atoms with Crippen LogP contribution in [0.25, 0.3) is 22.0 Å². The molecule has 12 heteroatoms. The topological polar surface area (TPSA) is 129 Å². The second-order valence-corrected chi connectivity index (χ2v) is 9.32. The molecule has 2 N–H and O–H groups in total. The van der Waals surface area contributed by atoms with E-state index < -0.39 is 23.5 Å². The fraction of sp³-hybridized carbons (Fsp3) is 0.214. The van der Waals surface area contributed by atoms with Gasteiger partial charge in [-0.15, -0.1) is 0 Å². The Balaban J connectivity index is 1.71. The zero-order valence-electron chi connectivity index (χ0n) is 21.7. The summed E-state index contributed by atoms with van der Waals surface area (Å²) in [5.41, 5.74) is 1.43. The third kappa shape index (κ3) is 5.90. The van der Waals surface area contributed by atoms with Crippen LogP contribution in [0.1, 0.15) is 40.2 Å². The van der Waals surface area contributed by atoms with Crippen LogP contribution in [0.5, 0.6) is 5.75 Å². The number of anilines is 1. The highest BCUT2D eigenvalue weighted by molar-refractivity contribution is 6.31. The highest BCUT2D eigenvalue weighted by atomic mass is 35.5. The molecular weight excluding hydrogens is 545 g/mol. The largest absolute Gasteiger partial charge is 0.495 e. The molecule has 2 heterocycles. The number of hydrogen-bond donors (Lipinski definition) is 2. The Bertz CT molecular complexity index is 1660. The molecule has 2 aromatic heterocycles. The van der Waals surface area contributed by atoms with E-state index in [0.717, 1.165) is 0 Å². The van der Waals surface area contributed by atoms with E-state index in [2.05, 4.69) is 15.2 Å². The van der Waals surface area contributed by atoms with Crippen molar-refractivity contribution in [3.05, 3.63) is 81.4 Å². The zero-order chi connectivity index (χ0) is 29.0. The van der Waals surface area contributed by atoms with E-state index in [1.165, 1.54) is 44.0 Å². The van der Waals surface area contributed by atoms with Crippen molar-refractivity contribution in [1.29, 1.82) is 0 Å². The molecule has 0 fully saturated rings. The minimum atomic E-state index is -1.17. The molecule has 0 aliphatic rings. The predicted octanol–water partition coefficient (Wildman–Crippen LogP) is 5.12. The molecule has 4 rings (SSSR count). The number of hydrogen-bond acceptors (Lipinski definition) is 7. The standard InChI is InChI=1S/C28H25ClFN3O7/c1-15(34)19-6-4-17(29)12-20(19)21-13-26(35)33(14-25(21)39-3)24(8-9-38-2)27(36)31-18-5-7-22-16(10-18)11-23(32-22)28(37)40-30/h4-7,10-14,24,32H,8-9H2,1-3H3,(H,31,36). The van der Waals surface area contributed by atoms with Crippen molar-refractivity contribution < 1.29 is 33.3 Å². The van der Waals surface area contributed by atoms with Gasteiger partial charge in [-0.3, -0.25) is 19.0 Å². The van der Waals surface area contributed by atoms with E-state index in [1.54, 1.807) is 36.4 Å². The van der Waals surface area contributed by atoms with Gasteiger partial charge in [0.1, 0.15) is 17.5 Å². The Morgan fingerprint density at radius 2 is 1.85 bits per heavy atom. The number of H-pyrrole nitrogens is 1. The average molecular weight is 570 g/mol. The number of nitrogens with one attached hydrogen (secondary N) is 2. The van der Waals surface area contributed by atoms with Crippen molar-refractivity contribution in [3.8, 4) is 16.9 Å². The second-order valence-electron chi connectivity index (χ2n) is 8.88. The van der Waals surface area contributed by atoms with Gasteiger partial charge in [-0.2, -0.15) is 0 Å². The van der Waals surface area contributed by atoms with Crippen molar-refractivity contribution in [2.75, 3.05) is 26.1 Å².